The molecule has 0 radical (unpaired) electrons. The lowest BCUT2D eigenvalue weighted by Crippen LogP contribution is -2.42. The molecule has 0 saturated heterocycles. The highest BCUT2D eigenvalue weighted by Crippen LogP contribution is 2.21. The molecule has 0 aliphatic carbocycles. The minimum Gasteiger partial charge on any atom is -0.396 e. The highest BCUT2D eigenvalue weighted by atomic mass is 16.5. The molecule has 0 aromatic rings. The monoisotopic (exact) mass is 396 g/mol. The Bertz CT molecular complexity index is 263. The largest absolute Gasteiger partial charge is 0.396 e. The summed E-state index contributed by atoms with van der Waals surface area (Å²) in [6.07, 6.45) is 3.46. The number of hydrogen-bond donors (Lipinski definition) is 3. The van der Waals surface area contributed by atoms with E-state index in [1.807, 2.05) is 0 Å². The molecule has 0 bridgehead atoms. The molecule has 0 heterocycles. The maximum atomic E-state index is 8.93. The first-order chi connectivity index (χ1) is 13.2. The summed E-state index contributed by atoms with van der Waals surface area (Å²) < 4.78 is 28.2. The second-order valence-corrected chi connectivity index (χ2v) is 6.64. The number of hydrogen-bond acceptors (Lipinski definition) is 8. The highest BCUT2D eigenvalue weighted by molar-refractivity contribution is 4.79. The molecule has 0 amide bonds. The molecule has 0 fully saturated rings. The lowest BCUT2D eigenvalue weighted by Gasteiger charge is -2.33. The number of methoxy groups -OCH3 is 1. The van der Waals surface area contributed by atoms with Gasteiger partial charge in [-0.25, -0.2) is 0 Å². The van der Waals surface area contributed by atoms with E-state index in [4.69, 9.17) is 39.0 Å². The van der Waals surface area contributed by atoms with Gasteiger partial charge in [0.2, 0.25) is 0 Å². The molecule has 0 aliphatic rings. The van der Waals surface area contributed by atoms with Crippen LogP contribution in [0.4, 0.5) is 0 Å². The fourth-order valence-electron chi connectivity index (χ4n) is 2.36. The van der Waals surface area contributed by atoms with E-state index in [0.717, 1.165) is 12.8 Å². The summed E-state index contributed by atoms with van der Waals surface area (Å²) in [5.74, 6) is 0. The third-order valence-electron chi connectivity index (χ3n) is 3.86. The van der Waals surface area contributed by atoms with Gasteiger partial charge in [-0.05, 0) is 32.1 Å². The number of rotatable bonds is 22. The Labute approximate surface area is 163 Å². The van der Waals surface area contributed by atoms with Crippen LogP contribution >= 0.6 is 0 Å². The SMILES string of the molecule is COCCCOCC(COCCCO)(COCCCO)COCCCCO. The van der Waals surface area contributed by atoms with Crippen molar-refractivity contribution in [2.24, 2.45) is 5.41 Å². The summed E-state index contributed by atoms with van der Waals surface area (Å²) in [7, 11) is 1.66. The van der Waals surface area contributed by atoms with Crippen molar-refractivity contribution in [3.8, 4) is 0 Å². The lowest BCUT2D eigenvalue weighted by atomic mass is 9.92. The quantitative estimate of drug-likeness (QED) is 0.229. The van der Waals surface area contributed by atoms with Gasteiger partial charge >= 0.3 is 0 Å². The van der Waals surface area contributed by atoms with E-state index >= 15 is 0 Å². The van der Waals surface area contributed by atoms with Crippen molar-refractivity contribution in [1.29, 1.82) is 0 Å². The summed E-state index contributed by atoms with van der Waals surface area (Å²) in [6.45, 7) is 4.67. The van der Waals surface area contributed by atoms with Crippen LogP contribution in [0.2, 0.25) is 0 Å². The van der Waals surface area contributed by atoms with Crippen LogP contribution in [-0.4, -0.2) is 102 Å². The Balaban J connectivity index is 4.64. The lowest BCUT2D eigenvalue weighted by molar-refractivity contribution is -0.109. The predicted molar refractivity (Wildman–Crippen MR) is 102 cm³/mol. The number of unbranched alkanes of at least 4 members (excludes halogenated alkanes) is 1. The fraction of sp³-hybridized carbons (Fsp3) is 1.00. The normalized spacial score (nSPS) is 12.0. The summed E-state index contributed by atoms with van der Waals surface area (Å²) in [5, 5.41) is 26.7. The minimum atomic E-state index is -0.461. The van der Waals surface area contributed by atoms with Gasteiger partial charge < -0.3 is 39.0 Å². The van der Waals surface area contributed by atoms with Gasteiger partial charge in [-0.1, -0.05) is 0 Å². The average Bonchev–Trinajstić information content (AvgIpc) is 2.68. The predicted octanol–water partition coefficient (Wildman–Crippen LogP) is 0.613. The number of ether oxygens (including phenoxy) is 5. The molecular formula is C19H40O8. The van der Waals surface area contributed by atoms with E-state index in [1.165, 1.54) is 0 Å². The van der Waals surface area contributed by atoms with Crippen molar-refractivity contribution < 1.29 is 39.0 Å². The van der Waals surface area contributed by atoms with E-state index in [2.05, 4.69) is 0 Å². The third-order valence-corrected chi connectivity index (χ3v) is 3.86. The van der Waals surface area contributed by atoms with Gasteiger partial charge in [0.15, 0.2) is 0 Å². The van der Waals surface area contributed by atoms with E-state index in [9.17, 15) is 0 Å². The first-order valence-electron chi connectivity index (χ1n) is 9.87. The van der Waals surface area contributed by atoms with Gasteiger partial charge in [-0.2, -0.15) is 0 Å². The molecule has 0 aromatic carbocycles. The summed E-state index contributed by atoms with van der Waals surface area (Å²) in [6, 6.07) is 0. The Morgan fingerprint density at radius 3 is 1.33 bits per heavy atom. The first-order valence-corrected chi connectivity index (χ1v) is 9.87. The molecule has 0 spiro atoms. The van der Waals surface area contributed by atoms with Crippen molar-refractivity contribution in [3.63, 3.8) is 0 Å². The smallest absolute Gasteiger partial charge is 0.0637 e. The Morgan fingerprint density at radius 2 is 0.926 bits per heavy atom. The highest BCUT2D eigenvalue weighted by Gasteiger charge is 2.32. The third kappa shape index (κ3) is 16.3. The molecular weight excluding hydrogens is 356 g/mol. The fourth-order valence-corrected chi connectivity index (χ4v) is 2.36. The molecule has 0 aromatic heterocycles. The first kappa shape index (κ1) is 26.7. The maximum absolute atomic E-state index is 8.93. The van der Waals surface area contributed by atoms with Crippen LogP contribution in [0.3, 0.4) is 0 Å². The topological polar surface area (TPSA) is 107 Å². The van der Waals surface area contributed by atoms with Gasteiger partial charge in [0.25, 0.3) is 0 Å². The Morgan fingerprint density at radius 1 is 0.519 bits per heavy atom. The average molecular weight is 397 g/mol. The molecule has 0 unspecified atom stereocenters. The van der Waals surface area contributed by atoms with E-state index in [0.29, 0.717) is 78.7 Å². The van der Waals surface area contributed by atoms with Crippen molar-refractivity contribution in [2.45, 2.75) is 32.1 Å². The van der Waals surface area contributed by atoms with Crippen molar-refractivity contribution >= 4 is 0 Å². The minimum absolute atomic E-state index is 0.0885. The summed E-state index contributed by atoms with van der Waals surface area (Å²) in [4.78, 5) is 0. The molecule has 27 heavy (non-hydrogen) atoms. The van der Waals surface area contributed by atoms with Gasteiger partial charge in [0.1, 0.15) is 0 Å². The summed E-state index contributed by atoms with van der Waals surface area (Å²) >= 11 is 0. The van der Waals surface area contributed by atoms with Crippen LogP contribution in [0.5, 0.6) is 0 Å². The molecule has 8 nitrogen and oxygen atoms in total. The van der Waals surface area contributed by atoms with Gasteiger partial charge in [0, 0.05) is 60.0 Å². The van der Waals surface area contributed by atoms with Gasteiger partial charge in [0.05, 0.1) is 31.8 Å². The van der Waals surface area contributed by atoms with Crippen LogP contribution in [0.1, 0.15) is 32.1 Å². The Kier molecular flexibility index (Phi) is 20.2. The van der Waals surface area contributed by atoms with Crippen LogP contribution in [-0.2, 0) is 23.7 Å². The molecule has 164 valence electrons. The second kappa shape index (κ2) is 20.4. The van der Waals surface area contributed by atoms with Crippen LogP contribution < -0.4 is 0 Å². The van der Waals surface area contributed by atoms with Crippen LogP contribution in [0, 0.1) is 5.41 Å². The van der Waals surface area contributed by atoms with E-state index in [-0.39, 0.29) is 19.8 Å². The molecule has 0 rings (SSSR count). The van der Waals surface area contributed by atoms with E-state index < -0.39 is 5.41 Å². The van der Waals surface area contributed by atoms with Gasteiger partial charge in [-0.15, -0.1) is 0 Å². The molecule has 8 heteroatoms. The van der Waals surface area contributed by atoms with Crippen molar-refractivity contribution in [2.75, 3.05) is 86.4 Å². The number of aliphatic hydroxyl groups excluding tert-OH is 3. The zero-order valence-electron chi connectivity index (χ0n) is 16.9. The summed E-state index contributed by atoms with van der Waals surface area (Å²) in [5.41, 5.74) is -0.461. The Hall–Kier alpha value is -0.320. The standard InChI is InChI=1S/C19H40O8/c1-23-10-6-14-27-18-19(16-25-12-4-8-21,17-26-13-5-9-22)15-24-11-3-2-7-20/h20-22H,2-18H2,1H3. The van der Waals surface area contributed by atoms with Crippen LogP contribution in [0.25, 0.3) is 0 Å². The van der Waals surface area contributed by atoms with Crippen molar-refractivity contribution in [1.82, 2.24) is 0 Å². The second-order valence-electron chi connectivity index (χ2n) is 6.64. The molecule has 3 N–H and O–H groups in total. The zero-order valence-corrected chi connectivity index (χ0v) is 16.9. The zero-order chi connectivity index (χ0) is 20.1. The van der Waals surface area contributed by atoms with Gasteiger partial charge in [-0.3, -0.25) is 0 Å². The maximum Gasteiger partial charge on any atom is 0.0637 e. The number of aliphatic hydroxyl groups is 3. The van der Waals surface area contributed by atoms with Crippen LogP contribution in [0.15, 0.2) is 0 Å². The molecule has 0 saturated carbocycles. The molecule has 0 atom stereocenters. The van der Waals surface area contributed by atoms with Crippen molar-refractivity contribution in [3.05, 3.63) is 0 Å². The molecule has 0 aliphatic heterocycles. The van der Waals surface area contributed by atoms with E-state index in [1.54, 1.807) is 7.11 Å².